The second kappa shape index (κ2) is 11.3. The lowest BCUT2D eigenvalue weighted by Crippen LogP contribution is -1.91. The van der Waals surface area contributed by atoms with Gasteiger partial charge in [0.2, 0.25) is 0 Å². The zero-order chi connectivity index (χ0) is 16.2. The molecule has 1 aromatic carbocycles. The van der Waals surface area contributed by atoms with Crippen molar-refractivity contribution in [3.05, 3.63) is 53.1 Å². The average molecular weight is 299 g/mol. The summed E-state index contributed by atoms with van der Waals surface area (Å²) < 4.78 is 0. The zero-order valence-electron chi connectivity index (χ0n) is 15.1. The number of benzene rings is 1. The summed E-state index contributed by atoms with van der Waals surface area (Å²) in [7, 11) is 0. The number of hydrogen-bond acceptors (Lipinski definition) is 0. The molecule has 0 amide bonds. The Morgan fingerprint density at radius 3 is 2.00 bits per heavy atom. The number of aryl methyl sites for hydroxylation is 1. The largest absolute Gasteiger partial charge is 0.0798 e. The summed E-state index contributed by atoms with van der Waals surface area (Å²) in [5.41, 5.74) is 5.78. The van der Waals surface area contributed by atoms with Crippen molar-refractivity contribution in [2.45, 2.75) is 79.1 Å². The van der Waals surface area contributed by atoms with Crippen LogP contribution < -0.4 is 0 Å². The van der Waals surface area contributed by atoms with E-state index in [0.717, 1.165) is 0 Å². The van der Waals surface area contributed by atoms with Crippen molar-refractivity contribution in [1.29, 1.82) is 0 Å². The topological polar surface area (TPSA) is 0 Å². The van der Waals surface area contributed by atoms with Crippen LogP contribution in [0, 0.1) is 6.92 Å². The fourth-order valence-corrected chi connectivity index (χ4v) is 2.91. The van der Waals surface area contributed by atoms with Crippen LogP contribution in [0.2, 0.25) is 0 Å². The van der Waals surface area contributed by atoms with E-state index < -0.39 is 0 Å². The van der Waals surface area contributed by atoms with Crippen molar-refractivity contribution in [1.82, 2.24) is 0 Å². The molecule has 22 heavy (non-hydrogen) atoms. The van der Waals surface area contributed by atoms with Crippen LogP contribution in [0.25, 0.3) is 5.57 Å². The van der Waals surface area contributed by atoms with Crippen LogP contribution in [-0.4, -0.2) is 0 Å². The Bertz CT molecular complexity index is 465. The van der Waals surface area contributed by atoms with Gasteiger partial charge in [0.25, 0.3) is 0 Å². The lowest BCUT2D eigenvalue weighted by atomic mass is 9.94. The second-order valence-electron chi connectivity index (χ2n) is 6.28. The molecule has 0 saturated carbocycles. The Morgan fingerprint density at radius 2 is 1.50 bits per heavy atom. The van der Waals surface area contributed by atoms with Crippen molar-refractivity contribution in [3.8, 4) is 0 Å². The molecule has 0 saturated heterocycles. The van der Waals surface area contributed by atoms with E-state index in [1.165, 1.54) is 68.1 Å². The summed E-state index contributed by atoms with van der Waals surface area (Å²) in [4.78, 5) is 0. The van der Waals surface area contributed by atoms with Gasteiger partial charge < -0.3 is 0 Å². The molecule has 1 aromatic rings. The molecule has 0 aliphatic rings. The number of unbranched alkanes of at least 4 members (excludes halogenated alkanes) is 4. The molecule has 0 heterocycles. The van der Waals surface area contributed by atoms with Crippen LogP contribution in [0.4, 0.5) is 0 Å². The molecule has 0 unspecified atom stereocenters. The fraction of sp³-hybridized carbons (Fsp3) is 0.545. The first kappa shape index (κ1) is 18.7. The van der Waals surface area contributed by atoms with Crippen LogP contribution >= 0.6 is 0 Å². The summed E-state index contributed by atoms with van der Waals surface area (Å²) in [6.07, 6.45) is 15.2. The van der Waals surface area contributed by atoms with Crippen LogP contribution in [0.5, 0.6) is 0 Å². The van der Waals surface area contributed by atoms with E-state index in [9.17, 15) is 0 Å². The lowest BCUT2D eigenvalue weighted by Gasteiger charge is -2.11. The first-order valence-electron chi connectivity index (χ1n) is 9.14. The smallest absolute Gasteiger partial charge is 0.0158 e. The van der Waals surface area contributed by atoms with E-state index in [0.29, 0.717) is 0 Å². The highest BCUT2D eigenvalue weighted by Gasteiger charge is 2.04. The van der Waals surface area contributed by atoms with Crippen molar-refractivity contribution >= 4 is 5.57 Å². The second-order valence-corrected chi connectivity index (χ2v) is 6.28. The van der Waals surface area contributed by atoms with Gasteiger partial charge in [0.1, 0.15) is 0 Å². The van der Waals surface area contributed by atoms with E-state index in [1.54, 1.807) is 5.57 Å². The zero-order valence-corrected chi connectivity index (χ0v) is 15.1. The van der Waals surface area contributed by atoms with E-state index in [2.05, 4.69) is 64.1 Å². The van der Waals surface area contributed by atoms with Gasteiger partial charge in [-0.05, 0) is 56.2 Å². The highest BCUT2D eigenvalue weighted by atomic mass is 14.1. The highest BCUT2D eigenvalue weighted by molar-refractivity contribution is 5.76. The third-order valence-corrected chi connectivity index (χ3v) is 4.33. The molecule has 0 nitrogen and oxygen atoms in total. The van der Waals surface area contributed by atoms with Crippen LogP contribution in [0.15, 0.2) is 42.0 Å². The summed E-state index contributed by atoms with van der Waals surface area (Å²) in [5.74, 6) is 0. The van der Waals surface area contributed by atoms with Gasteiger partial charge in [0.15, 0.2) is 0 Å². The molecule has 0 aliphatic heterocycles. The molecule has 0 spiro atoms. The molecule has 0 fully saturated rings. The highest BCUT2D eigenvalue weighted by Crippen LogP contribution is 2.25. The third kappa shape index (κ3) is 6.64. The molecule has 0 heteroatoms. The van der Waals surface area contributed by atoms with E-state index in [1.807, 2.05) is 0 Å². The van der Waals surface area contributed by atoms with E-state index in [4.69, 9.17) is 0 Å². The van der Waals surface area contributed by atoms with Gasteiger partial charge in [-0.1, -0.05) is 81.5 Å². The van der Waals surface area contributed by atoms with Gasteiger partial charge in [-0.3, -0.25) is 0 Å². The first-order chi connectivity index (χ1) is 10.7. The van der Waals surface area contributed by atoms with Crippen molar-refractivity contribution < 1.29 is 0 Å². The SMILES string of the molecule is C/C=C(\C=C(CCCCC)CCCCC)c1ccccc1C. The maximum Gasteiger partial charge on any atom is -0.0158 e. The third-order valence-electron chi connectivity index (χ3n) is 4.33. The predicted octanol–water partition coefficient (Wildman–Crippen LogP) is 7.49. The molecule has 0 atom stereocenters. The van der Waals surface area contributed by atoms with Gasteiger partial charge >= 0.3 is 0 Å². The normalized spacial score (nSPS) is 11.5. The minimum absolute atomic E-state index is 1.26. The monoisotopic (exact) mass is 298 g/mol. The fourth-order valence-electron chi connectivity index (χ4n) is 2.91. The van der Waals surface area contributed by atoms with Crippen LogP contribution in [-0.2, 0) is 0 Å². The Balaban J connectivity index is 2.88. The van der Waals surface area contributed by atoms with Crippen molar-refractivity contribution in [2.24, 2.45) is 0 Å². The summed E-state index contributed by atoms with van der Waals surface area (Å²) in [6.45, 7) is 8.94. The Kier molecular flexibility index (Phi) is 9.62. The van der Waals surface area contributed by atoms with Crippen molar-refractivity contribution in [2.75, 3.05) is 0 Å². The maximum atomic E-state index is 2.47. The first-order valence-corrected chi connectivity index (χ1v) is 9.14. The molecule has 0 aliphatic carbocycles. The quantitative estimate of drug-likeness (QED) is 0.310. The standard InChI is InChI=1S/C22H34/c1-5-8-10-15-20(16-11-9-6-2)18-21(7-3)22-17-13-12-14-19(22)4/h7,12-14,17-18H,5-6,8-11,15-16H2,1-4H3/b21-7+. The van der Waals surface area contributed by atoms with E-state index in [-0.39, 0.29) is 0 Å². The lowest BCUT2D eigenvalue weighted by molar-refractivity contribution is 0.659. The minimum Gasteiger partial charge on any atom is -0.0798 e. The number of rotatable bonds is 10. The molecule has 122 valence electrons. The van der Waals surface area contributed by atoms with Gasteiger partial charge in [0.05, 0.1) is 0 Å². The summed E-state index contributed by atoms with van der Waals surface area (Å²) >= 11 is 0. The molecule has 0 N–H and O–H groups in total. The van der Waals surface area contributed by atoms with E-state index >= 15 is 0 Å². The molecule has 0 aromatic heterocycles. The molecular formula is C22H34. The van der Waals surface area contributed by atoms with Gasteiger partial charge in [-0.25, -0.2) is 0 Å². The maximum absolute atomic E-state index is 2.47. The van der Waals surface area contributed by atoms with Crippen LogP contribution in [0.1, 0.15) is 83.3 Å². The minimum atomic E-state index is 1.26. The summed E-state index contributed by atoms with van der Waals surface area (Å²) in [5, 5.41) is 0. The average Bonchev–Trinajstić information content (AvgIpc) is 2.53. The molecule has 0 radical (unpaired) electrons. The van der Waals surface area contributed by atoms with Gasteiger partial charge in [0, 0.05) is 0 Å². The Morgan fingerprint density at radius 1 is 0.909 bits per heavy atom. The van der Waals surface area contributed by atoms with Gasteiger partial charge in [-0.2, -0.15) is 0 Å². The number of hydrogen-bond donors (Lipinski definition) is 0. The molecule has 0 bridgehead atoms. The molecular weight excluding hydrogens is 264 g/mol. The van der Waals surface area contributed by atoms with Crippen molar-refractivity contribution in [3.63, 3.8) is 0 Å². The Labute approximate surface area is 138 Å². The van der Waals surface area contributed by atoms with Crippen LogP contribution in [0.3, 0.4) is 0 Å². The summed E-state index contributed by atoms with van der Waals surface area (Å²) in [6, 6.07) is 8.73. The Hall–Kier alpha value is -1.30. The molecule has 1 rings (SSSR count). The van der Waals surface area contributed by atoms with Gasteiger partial charge in [-0.15, -0.1) is 0 Å². The predicted molar refractivity (Wildman–Crippen MR) is 101 cm³/mol. The number of allylic oxidation sites excluding steroid dienone is 4.